The van der Waals surface area contributed by atoms with E-state index in [9.17, 15) is 19.5 Å². The molecule has 1 aromatic rings. The Morgan fingerprint density at radius 2 is 1.74 bits per heavy atom. The second-order valence-electron chi connectivity index (χ2n) is 7.67. The number of carboxylic acids is 1. The molecule has 2 atom stereocenters. The second-order valence-corrected chi connectivity index (χ2v) is 8.78. The molecule has 1 amide bonds. The fourth-order valence-electron chi connectivity index (χ4n) is 4.07. The molecule has 2 aliphatic rings. The lowest BCUT2D eigenvalue weighted by Crippen LogP contribution is -2.42. The number of aliphatic carboxylic acids is 1. The monoisotopic (exact) mass is 392 g/mol. The zero-order valence-electron chi connectivity index (χ0n) is 15.8. The number of amides is 1. The van der Waals surface area contributed by atoms with Gasteiger partial charge in [-0.05, 0) is 57.9 Å². The van der Waals surface area contributed by atoms with Gasteiger partial charge in [-0.15, -0.1) is 11.3 Å². The van der Waals surface area contributed by atoms with E-state index in [1.807, 2.05) is 0 Å². The highest BCUT2D eigenvalue weighted by Gasteiger charge is 2.34. The Morgan fingerprint density at radius 3 is 2.41 bits per heavy atom. The molecule has 0 aromatic carbocycles. The van der Waals surface area contributed by atoms with Crippen LogP contribution in [0.3, 0.4) is 0 Å². The number of hydrogen-bond donors (Lipinski definition) is 1. The summed E-state index contributed by atoms with van der Waals surface area (Å²) < 4.78 is 5.40. The third kappa shape index (κ3) is 4.34. The van der Waals surface area contributed by atoms with Crippen LogP contribution in [0.1, 0.15) is 73.2 Å². The minimum Gasteiger partial charge on any atom is -0.550 e. The number of esters is 1. The SMILES string of the molecule is CC(C)OC(=O)c1c(NC(=O)[C@@H]2CCCC[C@H]2C(=O)[O-])sc2c1CCCC2. The van der Waals surface area contributed by atoms with Crippen LogP contribution in [-0.4, -0.2) is 23.9 Å². The van der Waals surface area contributed by atoms with Gasteiger partial charge in [0.05, 0.1) is 11.7 Å². The normalized spacial score (nSPS) is 22.2. The van der Waals surface area contributed by atoms with E-state index in [2.05, 4.69) is 5.32 Å². The third-order valence-electron chi connectivity index (χ3n) is 5.36. The van der Waals surface area contributed by atoms with Crippen LogP contribution >= 0.6 is 11.3 Å². The molecule has 0 bridgehead atoms. The van der Waals surface area contributed by atoms with Gasteiger partial charge < -0.3 is 20.0 Å². The van der Waals surface area contributed by atoms with Gasteiger partial charge in [-0.2, -0.15) is 0 Å². The maximum absolute atomic E-state index is 12.8. The Labute approximate surface area is 163 Å². The van der Waals surface area contributed by atoms with Gasteiger partial charge in [0.25, 0.3) is 0 Å². The van der Waals surface area contributed by atoms with Crippen LogP contribution in [0.25, 0.3) is 0 Å². The first-order valence-electron chi connectivity index (χ1n) is 9.75. The van der Waals surface area contributed by atoms with Crippen LogP contribution in [0.15, 0.2) is 0 Å². The molecule has 1 saturated carbocycles. The number of carboxylic acid groups (broad SMARTS) is 1. The first kappa shape index (κ1) is 19.9. The number of anilines is 1. The summed E-state index contributed by atoms with van der Waals surface area (Å²) in [4.78, 5) is 38.0. The molecule has 0 unspecified atom stereocenters. The number of carbonyl (C=O) groups is 3. The zero-order chi connectivity index (χ0) is 19.6. The van der Waals surface area contributed by atoms with Crippen LogP contribution in [-0.2, 0) is 27.2 Å². The smallest absolute Gasteiger partial charge is 0.341 e. The molecule has 148 valence electrons. The molecule has 27 heavy (non-hydrogen) atoms. The van der Waals surface area contributed by atoms with Crippen molar-refractivity contribution in [3.63, 3.8) is 0 Å². The van der Waals surface area contributed by atoms with Gasteiger partial charge in [0.15, 0.2) is 0 Å². The van der Waals surface area contributed by atoms with E-state index in [0.29, 0.717) is 23.4 Å². The Morgan fingerprint density at radius 1 is 1.07 bits per heavy atom. The van der Waals surface area contributed by atoms with Crippen LogP contribution in [0.5, 0.6) is 0 Å². The quantitative estimate of drug-likeness (QED) is 0.777. The average Bonchev–Trinajstić information content (AvgIpc) is 2.98. The fourth-order valence-corrected chi connectivity index (χ4v) is 5.35. The molecule has 1 fully saturated rings. The van der Waals surface area contributed by atoms with Gasteiger partial charge in [-0.1, -0.05) is 12.8 Å². The van der Waals surface area contributed by atoms with Crippen molar-refractivity contribution >= 4 is 34.2 Å². The molecule has 0 spiro atoms. The van der Waals surface area contributed by atoms with Crippen LogP contribution in [0.4, 0.5) is 5.00 Å². The molecule has 0 aliphatic heterocycles. The van der Waals surface area contributed by atoms with Crippen molar-refractivity contribution in [3.05, 3.63) is 16.0 Å². The molecule has 0 radical (unpaired) electrons. The summed E-state index contributed by atoms with van der Waals surface area (Å²) in [5.41, 5.74) is 1.44. The molecule has 7 heteroatoms. The highest BCUT2D eigenvalue weighted by molar-refractivity contribution is 7.17. The van der Waals surface area contributed by atoms with E-state index < -0.39 is 23.8 Å². The van der Waals surface area contributed by atoms with E-state index in [4.69, 9.17) is 4.74 Å². The van der Waals surface area contributed by atoms with Crippen molar-refractivity contribution < 1.29 is 24.2 Å². The number of rotatable bonds is 5. The van der Waals surface area contributed by atoms with Gasteiger partial charge in [0, 0.05) is 22.7 Å². The molecule has 6 nitrogen and oxygen atoms in total. The lowest BCUT2D eigenvalue weighted by atomic mass is 9.78. The summed E-state index contributed by atoms with van der Waals surface area (Å²) in [6, 6.07) is 0. The van der Waals surface area contributed by atoms with Crippen molar-refractivity contribution in [2.75, 3.05) is 5.32 Å². The number of aryl methyl sites for hydroxylation is 1. The van der Waals surface area contributed by atoms with Crippen molar-refractivity contribution in [2.45, 2.75) is 71.3 Å². The van der Waals surface area contributed by atoms with Gasteiger partial charge in [-0.3, -0.25) is 4.79 Å². The summed E-state index contributed by atoms with van der Waals surface area (Å²) in [6.45, 7) is 3.59. The topological polar surface area (TPSA) is 95.5 Å². The summed E-state index contributed by atoms with van der Waals surface area (Å²) >= 11 is 1.42. The minimum absolute atomic E-state index is 0.249. The maximum Gasteiger partial charge on any atom is 0.341 e. The van der Waals surface area contributed by atoms with Crippen molar-refractivity contribution in [2.24, 2.45) is 11.8 Å². The molecule has 1 heterocycles. The standard InChI is InChI=1S/C20H27NO5S/c1-11(2)26-20(25)16-14-9-5-6-10-15(14)27-18(16)21-17(22)12-7-3-4-8-13(12)19(23)24/h11-13H,3-10H2,1-2H3,(H,21,22)(H,23,24)/p-1/t12-,13-/m1/s1. The third-order valence-corrected chi connectivity index (χ3v) is 6.57. The Balaban J connectivity index is 1.87. The second kappa shape index (κ2) is 8.42. The Bertz CT molecular complexity index is 739. The zero-order valence-corrected chi connectivity index (χ0v) is 16.7. The van der Waals surface area contributed by atoms with Gasteiger partial charge in [-0.25, -0.2) is 4.79 Å². The number of fused-ring (bicyclic) bond motifs is 1. The number of carbonyl (C=O) groups excluding carboxylic acids is 3. The summed E-state index contributed by atoms with van der Waals surface area (Å²) in [6.07, 6.45) is 6.13. The molecular weight excluding hydrogens is 366 g/mol. The van der Waals surface area contributed by atoms with E-state index >= 15 is 0 Å². The molecule has 1 N–H and O–H groups in total. The molecule has 1 aromatic heterocycles. The average molecular weight is 392 g/mol. The largest absolute Gasteiger partial charge is 0.550 e. The molecule has 2 aliphatic carbocycles. The Kier molecular flexibility index (Phi) is 6.19. The summed E-state index contributed by atoms with van der Waals surface area (Å²) in [5, 5.41) is 14.8. The lowest BCUT2D eigenvalue weighted by molar-refractivity contribution is -0.313. The van der Waals surface area contributed by atoms with Crippen LogP contribution in [0.2, 0.25) is 0 Å². The van der Waals surface area contributed by atoms with Crippen LogP contribution in [0, 0.1) is 11.8 Å². The van der Waals surface area contributed by atoms with E-state index in [0.717, 1.165) is 49.0 Å². The van der Waals surface area contributed by atoms with E-state index in [1.165, 1.54) is 11.3 Å². The highest BCUT2D eigenvalue weighted by Crippen LogP contribution is 2.40. The molecule has 3 rings (SSSR count). The number of nitrogens with one attached hydrogen (secondary N) is 1. The fraction of sp³-hybridized carbons (Fsp3) is 0.650. The molecule has 0 saturated heterocycles. The number of hydrogen-bond acceptors (Lipinski definition) is 6. The predicted molar refractivity (Wildman–Crippen MR) is 101 cm³/mol. The maximum atomic E-state index is 12.8. The first-order chi connectivity index (χ1) is 12.9. The molecular formula is C20H26NO5S-. The van der Waals surface area contributed by atoms with Crippen molar-refractivity contribution in [3.8, 4) is 0 Å². The number of ether oxygens (including phenoxy) is 1. The van der Waals surface area contributed by atoms with Crippen molar-refractivity contribution in [1.82, 2.24) is 0 Å². The summed E-state index contributed by atoms with van der Waals surface area (Å²) in [7, 11) is 0. The van der Waals surface area contributed by atoms with E-state index in [-0.39, 0.29) is 12.0 Å². The first-order valence-corrected chi connectivity index (χ1v) is 10.6. The highest BCUT2D eigenvalue weighted by atomic mass is 32.1. The van der Waals surface area contributed by atoms with Gasteiger partial charge in [0.1, 0.15) is 5.00 Å². The Hall–Kier alpha value is -1.89. The minimum atomic E-state index is -1.17. The van der Waals surface area contributed by atoms with E-state index in [1.54, 1.807) is 13.8 Å². The van der Waals surface area contributed by atoms with Gasteiger partial charge >= 0.3 is 5.97 Å². The summed E-state index contributed by atoms with van der Waals surface area (Å²) in [5.74, 6) is -3.29. The number of thiophene rings is 1. The lowest BCUT2D eigenvalue weighted by Gasteiger charge is -2.31. The predicted octanol–water partition coefficient (Wildman–Crippen LogP) is 2.69. The van der Waals surface area contributed by atoms with Crippen molar-refractivity contribution in [1.29, 1.82) is 0 Å². The van der Waals surface area contributed by atoms with Gasteiger partial charge in [0.2, 0.25) is 5.91 Å². The van der Waals surface area contributed by atoms with Crippen LogP contribution < -0.4 is 10.4 Å².